The quantitative estimate of drug-likeness (QED) is 0.350. The van der Waals surface area contributed by atoms with E-state index in [0.717, 1.165) is 31.2 Å². The number of aliphatic carboxylic acids is 2. The van der Waals surface area contributed by atoms with E-state index in [9.17, 15) is 19.8 Å². The Morgan fingerprint density at radius 2 is 1.86 bits per heavy atom. The molecule has 0 aliphatic rings. The molecule has 0 saturated heterocycles. The summed E-state index contributed by atoms with van der Waals surface area (Å²) in [5.41, 5.74) is 0.965. The summed E-state index contributed by atoms with van der Waals surface area (Å²) < 4.78 is 0. The molecule has 0 N–H and O–H groups in total. The topological polar surface area (TPSA) is 80.3 Å². The molecule has 5 heteroatoms. The standard InChI is InChI=1S/C16H20O4.Ba/c1-2-3-4-5-7-12-8-6-9-13(10-12)14(16(19)20)11-15(17)18;/h6,8-11H,2-5,7H2,1H3,(H,17,18)(H,19,20);/q;+2/p-2/b14-11-;. The van der Waals surface area contributed by atoms with Crippen molar-refractivity contribution < 1.29 is 19.8 Å². The van der Waals surface area contributed by atoms with Gasteiger partial charge in [0.1, 0.15) is 0 Å². The molecule has 1 aromatic rings. The van der Waals surface area contributed by atoms with Crippen LogP contribution in [0.1, 0.15) is 43.7 Å². The molecule has 0 spiro atoms. The van der Waals surface area contributed by atoms with Gasteiger partial charge < -0.3 is 19.8 Å². The molecule has 108 valence electrons. The van der Waals surface area contributed by atoms with Gasteiger partial charge in [-0.1, -0.05) is 50.5 Å². The van der Waals surface area contributed by atoms with Gasteiger partial charge in [-0.3, -0.25) is 0 Å². The molecule has 0 bridgehead atoms. The summed E-state index contributed by atoms with van der Waals surface area (Å²) in [4.78, 5) is 21.5. The maximum absolute atomic E-state index is 11.0. The maximum Gasteiger partial charge on any atom is 2.00 e. The van der Waals surface area contributed by atoms with Crippen molar-refractivity contribution in [2.45, 2.75) is 39.0 Å². The van der Waals surface area contributed by atoms with Crippen LogP contribution >= 0.6 is 0 Å². The Kier molecular flexibility index (Phi) is 10.8. The molecule has 1 aromatic carbocycles. The van der Waals surface area contributed by atoms with Gasteiger partial charge in [-0.15, -0.1) is 0 Å². The van der Waals surface area contributed by atoms with E-state index >= 15 is 0 Å². The Balaban J connectivity index is 0.00000400. The molecule has 0 heterocycles. The second-order valence-corrected chi connectivity index (χ2v) is 4.68. The largest absolute Gasteiger partial charge is 2.00 e. The number of aryl methyl sites for hydroxylation is 1. The van der Waals surface area contributed by atoms with Crippen molar-refractivity contribution in [1.82, 2.24) is 0 Å². The molecule has 0 aliphatic heterocycles. The fraction of sp³-hybridized carbons (Fsp3) is 0.375. The molecular weight excluding hydrogens is 394 g/mol. The van der Waals surface area contributed by atoms with Crippen LogP contribution in [0.4, 0.5) is 0 Å². The molecule has 0 fully saturated rings. The van der Waals surface area contributed by atoms with Crippen molar-refractivity contribution in [2.75, 3.05) is 0 Å². The minimum atomic E-state index is -1.54. The van der Waals surface area contributed by atoms with Gasteiger partial charge in [0.15, 0.2) is 0 Å². The fourth-order valence-corrected chi connectivity index (χ4v) is 2.03. The van der Waals surface area contributed by atoms with Crippen LogP contribution in [0.2, 0.25) is 0 Å². The summed E-state index contributed by atoms with van der Waals surface area (Å²) in [6.07, 6.45) is 5.90. The van der Waals surface area contributed by atoms with Crippen molar-refractivity contribution in [3.8, 4) is 0 Å². The Morgan fingerprint density at radius 3 is 2.43 bits per heavy atom. The number of rotatable bonds is 8. The van der Waals surface area contributed by atoms with E-state index < -0.39 is 11.9 Å². The number of carboxylic acids is 2. The smallest absolute Gasteiger partial charge is 0.545 e. The Hall–Kier alpha value is -0.529. The second-order valence-electron chi connectivity index (χ2n) is 4.68. The Morgan fingerprint density at radius 1 is 1.14 bits per heavy atom. The summed E-state index contributed by atoms with van der Waals surface area (Å²) in [6.45, 7) is 2.14. The predicted octanol–water partition coefficient (Wildman–Crippen LogP) is 0.312. The molecule has 0 radical (unpaired) electrons. The van der Waals surface area contributed by atoms with Crippen molar-refractivity contribution in [2.24, 2.45) is 0 Å². The molecule has 0 unspecified atom stereocenters. The summed E-state index contributed by atoms with van der Waals surface area (Å²) in [5.74, 6) is -3.06. The zero-order valence-electron chi connectivity index (χ0n) is 12.3. The number of hydrogen-bond acceptors (Lipinski definition) is 4. The fourth-order valence-electron chi connectivity index (χ4n) is 2.03. The van der Waals surface area contributed by atoms with Crippen LogP contribution in [0.15, 0.2) is 30.3 Å². The van der Waals surface area contributed by atoms with Crippen molar-refractivity contribution in [3.63, 3.8) is 0 Å². The Labute approximate surface area is 165 Å². The number of benzene rings is 1. The third-order valence-corrected chi connectivity index (χ3v) is 3.04. The SMILES string of the molecule is CCCCCCc1cccc(/C(=C/C(=O)[O-])C(=O)[O-])c1.[Ba+2]. The van der Waals surface area contributed by atoms with Gasteiger partial charge in [-0.05, 0) is 30.0 Å². The first-order valence-electron chi connectivity index (χ1n) is 6.78. The first-order valence-corrected chi connectivity index (χ1v) is 6.78. The van der Waals surface area contributed by atoms with Crippen LogP contribution in [0.25, 0.3) is 5.57 Å². The zero-order chi connectivity index (χ0) is 15.0. The average Bonchev–Trinajstić information content (AvgIpc) is 2.41. The molecular formula is C16H18BaO4. The van der Waals surface area contributed by atoms with Gasteiger partial charge in [0.25, 0.3) is 0 Å². The van der Waals surface area contributed by atoms with Crippen molar-refractivity contribution >= 4 is 66.4 Å². The normalized spacial score (nSPS) is 10.8. The van der Waals surface area contributed by atoms with E-state index in [4.69, 9.17) is 0 Å². The second kappa shape index (κ2) is 11.1. The average molecular weight is 412 g/mol. The number of carboxylic acid groups (broad SMARTS) is 2. The monoisotopic (exact) mass is 412 g/mol. The van der Waals surface area contributed by atoms with E-state index in [0.29, 0.717) is 11.6 Å². The van der Waals surface area contributed by atoms with Gasteiger partial charge in [0.2, 0.25) is 0 Å². The first-order chi connectivity index (χ1) is 9.54. The van der Waals surface area contributed by atoms with Crippen LogP contribution in [0.5, 0.6) is 0 Å². The number of carbonyl (C=O) groups is 2. The maximum atomic E-state index is 11.0. The van der Waals surface area contributed by atoms with Gasteiger partial charge >= 0.3 is 48.9 Å². The summed E-state index contributed by atoms with van der Waals surface area (Å²) in [5, 5.41) is 21.5. The van der Waals surface area contributed by atoms with Gasteiger partial charge in [-0.25, -0.2) is 0 Å². The number of carbonyl (C=O) groups excluding carboxylic acids is 2. The van der Waals surface area contributed by atoms with Crippen LogP contribution < -0.4 is 10.2 Å². The first kappa shape index (κ1) is 20.5. The van der Waals surface area contributed by atoms with E-state index in [1.807, 2.05) is 6.07 Å². The van der Waals surface area contributed by atoms with Crippen molar-refractivity contribution in [1.29, 1.82) is 0 Å². The molecule has 4 nitrogen and oxygen atoms in total. The minimum Gasteiger partial charge on any atom is -0.545 e. The Bertz CT molecular complexity index is 509. The van der Waals surface area contributed by atoms with E-state index in [-0.39, 0.29) is 54.5 Å². The molecule has 0 saturated carbocycles. The molecule has 0 aromatic heterocycles. The van der Waals surface area contributed by atoms with Crippen LogP contribution in [-0.4, -0.2) is 60.8 Å². The van der Waals surface area contributed by atoms with Crippen molar-refractivity contribution in [3.05, 3.63) is 41.5 Å². The summed E-state index contributed by atoms with van der Waals surface area (Å²) in [7, 11) is 0. The van der Waals surface area contributed by atoms with Crippen LogP contribution in [0, 0.1) is 0 Å². The van der Waals surface area contributed by atoms with E-state index in [1.165, 1.54) is 6.42 Å². The number of unbranched alkanes of at least 4 members (excludes halogenated alkanes) is 3. The zero-order valence-corrected chi connectivity index (χ0v) is 16.7. The molecule has 1 rings (SSSR count). The van der Waals surface area contributed by atoms with Crippen LogP contribution in [0.3, 0.4) is 0 Å². The van der Waals surface area contributed by atoms with Gasteiger partial charge in [0, 0.05) is 5.57 Å². The van der Waals surface area contributed by atoms with Gasteiger partial charge in [0.05, 0.1) is 11.9 Å². The van der Waals surface area contributed by atoms with E-state index in [2.05, 4.69) is 6.92 Å². The van der Waals surface area contributed by atoms with E-state index in [1.54, 1.807) is 18.2 Å². The third-order valence-electron chi connectivity index (χ3n) is 3.04. The predicted molar refractivity (Wildman–Crippen MR) is 78.0 cm³/mol. The minimum absolute atomic E-state index is 0. The van der Waals surface area contributed by atoms with Gasteiger partial charge in [-0.2, -0.15) is 0 Å². The summed E-state index contributed by atoms with van der Waals surface area (Å²) in [6, 6.07) is 6.87. The molecule has 0 atom stereocenters. The molecule has 21 heavy (non-hydrogen) atoms. The third kappa shape index (κ3) is 7.88. The molecule has 0 aliphatic carbocycles. The summed E-state index contributed by atoms with van der Waals surface area (Å²) >= 11 is 0. The number of hydrogen-bond donors (Lipinski definition) is 0. The van der Waals surface area contributed by atoms with Crippen LogP contribution in [-0.2, 0) is 16.0 Å². The molecule has 0 amide bonds.